The first-order chi connectivity index (χ1) is 16.0. The molecule has 0 aliphatic heterocycles. The number of aromatic amines is 1. The highest BCUT2D eigenvalue weighted by molar-refractivity contribution is 7.99. The molecule has 4 aromatic rings. The Kier molecular flexibility index (Phi) is 9.98. The molecule has 0 aliphatic rings. The van der Waals surface area contributed by atoms with Gasteiger partial charge in [0.25, 0.3) is 5.56 Å². The molecule has 0 radical (unpaired) electrons. The summed E-state index contributed by atoms with van der Waals surface area (Å²) in [7, 11) is 3.61. The van der Waals surface area contributed by atoms with E-state index in [4.69, 9.17) is 16.2 Å². The molecule has 0 aliphatic carbocycles. The lowest BCUT2D eigenvalue weighted by Gasteiger charge is -2.07. The van der Waals surface area contributed by atoms with Crippen LogP contribution in [0.4, 0.5) is 11.9 Å². The first kappa shape index (κ1) is 27.2. The van der Waals surface area contributed by atoms with Crippen LogP contribution in [0.1, 0.15) is 27.7 Å². The third-order valence-electron chi connectivity index (χ3n) is 4.20. The van der Waals surface area contributed by atoms with Gasteiger partial charge >= 0.3 is 0 Å². The molecule has 34 heavy (non-hydrogen) atoms. The summed E-state index contributed by atoms with van der Waals surface area (Å²) in [5.41, 5.74) is 12.8. The highest BCUT2D eigenvalue weighted by Gasteiger charge is 2.12. The van der Waals surface area contributed by atoms with Crippen molar-refractivity contribution in [2.45, 2.75) is 38.2 Å². The predicted molar refractivity (Wildman–Crippen MR) is 141 cm³/mol. The molecule has 0 aromatic carbocycles. The van der Waals surface area contributed by atoms with E-state index in [9.17, 15) is 4.79 Å². The number of aromatic nitrogens is 8. The SMILES string of the molecule is CC(C)SCOc1nc(N)nc2c1ncn2C.CSC(C)C.Cn1cnc2c(=O)[nH]c(N)nc21. The minimum absolute atomic E-state index is 0.108. The van der Waals surface area contributed by atoms with Crippen molar-refractivity contribution in [2.24, 2.45) is 14.1 Å². The molecule has 0 unspecified atom stereocenters. The van der Waals surface area contributed by atoms with Gasteiger partial charge in [-0.1, -0.05) is 27.7 Å². The van der Waals surface area contributed by atoms with Crippen LogP contribution in [-0.4, -0.2) is 61.7 Å². The second kappa shape index (κ2) is 12.5. The Labute approximate surface area is 206 Å². The molecule has 0 spiro atoms. The van der Waals surface area contributed by atoms with E-state index in [-0.39, 0.29) is 17.5 Å². The van der Waals surface area contributed by atoms with E-state index >= 15 is 0 Å². The van der Waals surface area contributed by atoms with Crippen molar-refractivity contribution in [1.82, 2.24) is 39.0 Å². The van der Waals surface area contributed by atoms with Crippen LogP contribution < -0.4 is 21.8 Å². The number of rotatable bonds is 5. The minimum atomic E-state index is -0.307. The van der Waals surface area contributed by atoms with Crippen molar-refractivity contribution in [3.05, 3.63) is 23.0 Å². The van der Waals surface area contributed by atoms with Gasteiger partial charge in [-0.2, -0.15) is 26.7 Å². The number of ether oxygens (including phenoxy) is 1. The summed E-state index contributed by atoms with van der Waals surface area (Å²) in [5.74, 6) is 1.28. The summed E-state index contributed by atoms with van der Waals surface area (Å²) >= 11 is 3.57. The molecule has 4 heterocycles. The van der Waals surface area contributed by atoms with Crippen LogP contribution >= 0.6 is 23.5 Å². The van der Waals surface area contributed by atoms with Gasteiger partial charge in [0.15, 0.2) is 22.3 Å². The molecule has 0 amide bonds. The molecule has 5 N–H and O–H groups in total. The fourth-order valence-corrected chi connectivity index (χ4v) is 2.81. The standard InChI is InChI=1S/C10H15N5OS.C6H7N5O.C4H10S/c1-6(2)17-5-16-9-7-8(13-10(11)14-9)15(3)4-12-7;1-11-2-8-3-4(11)9-6(7)10-5(3)12;1-4(2)5-3/h4,6H,5H2,1-3H3,(H2,11,13,14);2H,1H3,(H3,7,9,10,12);4H,1-3H3. The van der Waals surface area contributed by atoms with Crippen LogP contribution in [0.25, 0.3) is 22.3 Å². The van der Waals surface area contributed by atoms with Gasteiger partial charge < -0.3 is 25.3 Å². The largest absolute Gasteiger partial charge is 0.465 e. The summed E-state index contributed by atoms with van der Waals surface area (Å²) in [5, 5.41) is 1.31. The van der Waals surface area contributed by atoms with Gasteiger partial charge in [0.05, 0.1) is 12.7 Å². The van der Waals surface area contributed by atoms with Crippen molar-refractivity contribution in [3.8, 4) is 5.88 Å². The quantitative estimate of drug-likeness (QED) is 0.338. The summed E-state index contributed by atoms with van der Waals surface area (Å²) < 4.78 is 9.01. The molecule has 186 valence electrons. The van der Waals surface area contributed by atoms with Crippen LogP contribution in [0, 0.1) is 0 Å². The normalized spacial score (nSPS) is 10.9. The van der Waals surface area contributed by atoms with E-state index in [1.807, 2.05) is 18.8 Å². The summed E-state index contributed by atoms with van der Waals surface area (Å²) in [6, 6.07) is 0. The van der Waals surface area contributed by atoms with Gasteiger partial charge in [-0.15, -0.1) is 11.8 Å². The van der Waals surface area contributed by atoms with Crippen LogP contribution in [0.2, 0.25) is 0 Å². The second-order valence-corrected chi connectivity index (χ2v) is 10.6. The fraction of sp³-hybridized carbons (Fsp3) is 0.500. The smallest absolute Gasteiger partial charge is 0.280 e. The lowest BCUT2D eigenvalue weighted by molar-refractivity contribution is 0.381. The number of anilines is 2. The minimum Gasteiger partial charge on any atom is -0.465 e. The maximum absolute atomic E-state index is 11.2. The number of nitrogens with two attached hydrogens (primary N) is 2. The Hall–Kier alpha value is -3.00. The van der Waals surface area contributed by atoms with E-state index in [1.165, 1.54) is 6.33 Å². The number of thioether (sulfide) groups is 2. The van der Waals surface area contributed by atoms with Gasteiger partial charge in [0, 0.05) is 19.3 Å². The van der Waals surface area contributed by atoms with E-state index in [0.717, 1.165) is 5.25 Å². The lowest BCUT2D eigenvalue weighted by atomic mass is 10.5. The van der Waals surface area contributed by atoms with Gasteiger partial charge in [0.1, 0.15) is 5.94 Å². The number of nitrogens with one attached hydrogen (secondary N) is 1. The average Bonchev–Trinajstić information content (AvgIpc) is 3.32. The monoisotopic (exact) mass is 508 g/mol. The van der Waals surface area contributed by atoms with E-state index in [0.29, 0.717) is 39.4 Å². The molecule has 4 rings (SSSR count). The van der Waals surface area contributed by atoms with E-state index in [1.54, 1.807) is 34.3 Å². The first-order valence-corrected chi connectivity index (χ1v) is 12.8. The maximum atomic E-state index is 11.2. The molecule has 0 atom stereocenters. The van der Waals surface area contributed by atoms with Gasteiger partial charge in [-0.25, -0.2) is 9.97 Å². The zero-order valence-electron chi connectivity index (χ0n) is 20.4. The average molecular weight is 509 g/mol. The highest BCUT2D eigenvalue weighted by Crippen LogP contribution is 2.22. The number of nitrogen functional groups attached to an aromatic ring is 2. The number of imidazole rings is 2. The first-order valence-electron chi connectivity index (χ1n) is 10.4. The molecule has 0 fully saturated rings. The van der Waals surface area contributed by atoms with Crippen molar-refractivity contribution in [3.63, 3.8) is 0 Å². The highest BCUT2D eigenvalue weighted by atomic mass is 32.2. The van der Waals surface area contributed by atoms with Crippen molar-refractivity contribution in [1.29, 1.82) is 0 Å². The van der Waals surface area contributed by atoms with Gasteiger partial charge in [-0.05, 0) is 11.5 Å². The number of hydrogen-bond donors (Lipinski definition) is 3. The number of aryl methyl sites for hydroxylation is 2. The van der Waals surface area contributed by atoms with Crippen molar-refractivity contribution in [2.75, 3.05) is 23.7 Å². The predicted octanol–water partition coefficient (Wildman–Crippen LogP) is 2.42. The topological polar surface area (TPSA) is 168 Å². The van der Waals surface area contributed by atoms with E-state index in [2.05, 4.69) is 63.9 Å². The lowest BCUT2D eigenvalue weighted by Crippen LogP contribution is -2.11. The van der Waals surface area contributed by atoms with Crippen LogP contribution in [0.3, 0.4) is 0 Å². The van der Waals surface area contributed by atoms with Gasteiger partial charge in [-0.3, -0.25) is 9.78 Å². The van der Waals surface area contributed by atoms with Gasteiger partial charge in [0.2, 0.25) is 17.8 Å². The molecule has 0 saturated carbocycles. The Morgan fingerprint density at radius 1 is 0.971 bits per heavy atom. The number of fused-ring (bicyclic) bond motifs is 2. The molecule has 4 aromatic heterocycles. The molecular formula is C20H32N10O2S2. The second-order valence-electron chi connectivity index (χ2n) is 7.66. The number of nitrogens with zero attached hydrogens (tertiary/aromatic N) is 7. The molecule has 0 bridgehead atoms. The zero-order valence-corrected chi connectivity index (χ0v) is 22.1. The zero-order chi connectivity index (χ0) is 25.4. The Morgan fingerprint density at radius 3 is 2.09 bits per heavy atom. The Morgan fingerprint density at radius 2 is 1.53 bits per heavy atom. The fourth-order valence-electron chi connectivity index (χ4n) is 2.36. The Balaban J connectivity index is 0.000000209. The Bertz CT molecular complexity index is 1270. The van der Waals surface area contributed by atoms with Crippen molar-refractivity contribution < 1.29 is 4.74 Å². The third kappa shape index (κ3) is 7.52. The third-order valence-corrected chi connectivity index (χ3v) is 6.07. The van der Waals surface area contributed by atoms with E-state index < -0.39 is 0 Å². The maximum Gasteiger partial charge on any atom is 0.280 e. The van der Waals surface area contributed by atoms with Crippen LogP contribution in [0.15, 0.2) is 17.4 Å². The number of hydrogen-bond acceptors (Lipinski definition) is 11. The molecular weight excluding hydrogens is 476 g/mol. The van der Waals surface area contributed by atoms with Crippen LogP contribution in [0.5, 0.6) is 5.88 Å². The molecule has 12 nitrogen and oxygen atoms in total. The number of H-pyrrole nitrogens is 1. The molecule has 14 heteroatoms. The summed E-state index contributed by atoms with van der Waals surface area (Å²) in [4.78, 5) is 33.7. The molecule has 0 saturated heterocycles. The summed E-state index contributed by atoms with van der Waals surface area (Å²) in [6.07, 6.45) is 5.30. The van der Waals surface area contributed by atoms with Crippen LogP contribution in [-0.2, 0) is 14.1 Å². The van der Waals surface area contributed by atoms with Crippen molar-refractivity contribution >= 4 is 57.7 Å². The summed E-state index contributed by atoms with van der Waals surface area (Å²) in [6.45, 7) is 8.59.